The van der Waals surface area contributed by atoms with Crippen molar-refractivity contribution < 1.29 is 4.79 Å². The normalized spacial score (nSPS) is 22.9. The molecule has 0 bridgehead atoms. The van der Waals surface area contributed by atoms with Crippen LogP contribution in [0.1, 0.15) is 73.1 Å². The van der Waals surface area contributed by atoms with Crippen LogP contribution in [-0.4, -0.2) is 5.78 Å². The summed E-state index contributed by atoms with van der Waals surface area (Å²) < 4.78 is 0. The molecule has 1 atom stereocenters. The highest BCUT2D eigenvalue weighted by Crippen LogP contribution is 2.34. The molecule has 1 nitrogen and oxygen atoms in total. The highest BCUT2D eigenvalue weighted by atomic mass is 35.5. The summed E-state index contributed by atoms with van der Waals surface area (Å²) in [5.74, 6) is 0.213. The van der Waals surface area contributed by atoms with Crippen LogP contribution in [0.25, 0.3) is 0 Å². The van der Waals surface area contributed by atoms with E-state index in [0.29, 0.717) is 10.6 Å². The van der Waals surface area contributed by atoms with Gasteiger partial charge < -0.3 is 0 Å². The molecule has 0 aliphatic heterocycles. The number of hydrogen-bond acceptors (Lipinski definition) is 1. The van der Waals surface area contributed by atoms with Crippen molar-refractivity contribution in [3.05, 3.63) is 33.4 Å². The van der Waals surface area contributed by atoms with Gasteiger partial charge in [-0.3, -0.25) is 4.79 Å². The van der Waals surface area contributed by atoms with Gasteiger partial charge >= 0.3 is 0 Å². The van der Waals surface area contributed by atoms with E-state index in [4.69, 9.17) is 11.6 Å². The van der Waals surface area contributed by atoms with Crippen LogP contribution in [0.15, 0.2) is 33.4 Å². The van der Waals surface area contributed by atoms with Gasteiger partial charge in [0.15, 0.2) is 5.78 Å². The first-order chi connectivity index (χ1) is 9.92. The van der Waals surface area contributed by atoms with Gasteiger partial charge in [0.05, 0.1) is 0 Å². The second-order valence-electron chi connectivity index (χ2n) is 6.11. The summed E-state index contributed by atoms with van der Waals surface area (Å²) in [6.07, 6.45) is 8.66. The molecule has 0 aromatic rings. The zero-order valence-corrected chi connectivity index (χ0v) is 14.9. The lowest BCUT2D eigenvalue weighted by Crippen LogP contribution is -2.13. The maximum atomic E-state index is 12.5. The fraction of sp³-hybridized carbons (Fsp3) is 0.632. The molecule has 1 unspecified atom stereocenters. The average Bonchev–Trinajstić information content (AvgIpc) is 2.50. The third-order valence-electron chi connectivity index (χ3n) is 4.57. The molecular weight excluding hydrogens is 280 g/mol. The first-order valence-corrected chi connectivity index (χ1v) is 8.60. The highest BCUT2D eigenvalue weighted by Gasteiger charge is 2.20. The molecule has 0 heterocycles. The van der Waals surface area contributed by atoms with Crippen molar-refractivity contribution in [3.8, 4) is 0 Å². The van der Waals surface area contributed by atoms with Crippen LogP contribution in [0.5, 0.6) is 0 Å². The van der Waals surface area contributed by atoms with Gasteiger partial charge in [-0.2, -0.15) is 0 Å². The van der Waals surface area contributed by atoms with Crippen LogP contribution in [0.2, 0.25) is 0 Å². The van der Waals surface area contributed by atoms with E-state index < -0.39 is 0 Å². The van der Waals surface area contributed by atoms with E-state index in [0.717, 1.165) is 25.7 Å². The zero-order chi connectivity index (χ0) is 16.0. The highest BCUT2D eigenvalue weighted by molar-refractivity contribution is 6.32. The fourth-order valence-electron chi connectivity index (χ4n) is 2.75. The van der Waals surface area contributed by atoms with E-state index in [1.54, 1.807) is 0 Å². The van der Waals surface area contributed by atoms with Crippen LogP contribution >= 0.6 is 11.6 Å². The minimum absolute atomic E-state index is 0.0360. The molecule has 118 valence electrons. The predicted octanol–water partition coefficient (Wildman–Crippen LogP) is 6.34. The summed E-state index contributed by atoms with van der Waals surface area (Å²) in [6, 6.07) is 0. The predicted molar refractivity (Wildman–Crippen MR) is 92.6 cm³/mol. The van der Waals surface area contributed by atoms with Gasteiger partial charge in [0.2, 0.25) is 0 Å². The van der Waals surface area contributed by atoms with E-state index in [9.17, 15) is 4.79 Å². The van der Waals surface area contributed by atoms with Crippen molar-refractivity contribution in [2.75, 3.05) is 0 Å². The van der Waals surface area contributed by atoms with E-state index >= 15 is 0 Å². The number of allylic oxidation sites excluding steroid dienone is 6. The Bertz CT molecular complexity index is 476. The number of ketones is 1. The van der Waals surface area contributed by atoms with Crippen molar-refractivity contribution in [2.24, 2.45) is 5.92 Å². The second kappa shape index (κ2) is 8.58. The quantitative estimate of drug-likeness (QED) is 0.541. The third-order valence-corrected chi connectivity index (χ3v) is 4.77. The molecule has 0 spiro atoms. The number of halogens is 1. The molecule has 1 aliphatic carbocycles. The van der Waals surface area contributed by atoms with Gasteiger partial charge in [-0.1, -0.05) is 37.9 Å². The standard InChI is InChI=1S/C19H29ClO/c1-6-13(3)17-11-9-8-10-16(17)12-18(15(5)20)19(21)14(4)7-2/h12,14H,6-11H2,1-5H3/b16-12-,17-13+,18-15-. The first kappa shape index (κ1) is 18.2. The summed E-state index contributed by atoms with van der Waals surface area (Å²) in [5.41, 5.74) is 4.94. The average molecular weight is 309 g/mol. The molecule has 1 rings (SSSR count). The summed E-state index contributed by atoms with van der Waals surface area (Å²) >= 11 is 6.22. The fourth-order valence-corrected chi connectivity index (χ4v) is 2.90. The third kappa shape index (κ3) is 4.85. The Kier molecular flexibility index (Phi) is 7.45. The van der Waals surface area contributed by atoms with E-state index in [1.807, 2.05) is 20.8 Å². The first-order valence-electron chi connectivity index (χ1n) is 8.22. The SMILES string of the molecule is CC\C(C)=C1/CCCC/C1=C/C(C(=O)C(C)CC)=C(\C)Cl. The van der Waals surface area contributed by atoms with Gasteiger partial charge in [0.25, 0.3) is 0 Å². The molecule has 21 heavy (non-hydrogen) atoms. The molecule has 0 aromatic heterocycles. The van der Waals surface area contributed by atoms with Crippen LogP contribution in [0.3, 0.4) is 0 Å². The van der Waals surface area contributed by atoms with E-state index in [2.05, 4.69) is 19.9 Å². The summed E-state index contributed by atoms with van der Waals surface area (Å²) in [4.78, 5) is 12.5. The molecule has 1 aliphatic rings. The molecule has 0 N–H and O–H groups in total. The number of carbonyl (C=O) groups is 1. The lowest BCUT2D eigenvalue weighted by molar-refractivity contribution is -0.118. The van der Waals surface area contributed by atoms with Crippen molar-refractivity contribution in [2.45, 2.75) is 73.1 Å². The smallest absolute Gasteiger partial charge is 0.166 e. The maximum absolute atomic E-state index is 12.5. The summed E-state index contributed by atoms with van der Waals surface area (Å²) in [5, 5.41) is 0.617. The van der Waals surface area contributed by atoms with Crippen molar-refractivity contribution in [1.82, 2.24) is 0 Å². The lowest BCUT2D eigenvalue weighted by Gasteiger charge is -2.22. The van der Waals surface area contributed by atoms with Crippen molar-refractivity contribution in [3.63, 3.8) is 0 Å². The summed E-state index contributed by atoms with van der Waals surface area (Å²) in [7, 11) is 0. The van der Waals surface area contributed by atoms with Crippen LogP contribution in [0.4, 0.5) is 0 Å². The Hall–Kier alpha value is -0.820. The number of rotatable bonds is 5. The molecule has 0 radical (unpaired) electrons. The number of hydrogen-bond donors (Lipinski definition) is 0. The van der Waals surface area contributed by atoms with Gasteiger partial charge in [0.1, 0.15) is 0 Å². The van der Waals surface area contributed by atoms with E-state index in [1.165, 1.54) is 29.6 Å². The number of Topliss-reactive ketones (excluding diaryl/α,β-unsaturated/α-hetero) is 1. The summed E-state index contributed by atoms with van der Waals surface area (Å²) in [6.45, 7) is 10.3. The molecule has 0 aromatic carbocycles. The molecule has 2 heteroatoms. The Labute approximate surface area is 135 Å². The minimum atomic E-state index is 0.0360. The Morgan fingerprint density at radius 2 is 1.86 bits per heavy atom. The van der Waals surface area contributed by atoms with Crippen LogP contribution in [0, 0.1) is 5.92 Å². The van der Waals surface area contributed by atoms with Gasteiger partial charge in [-0.15, -0.1) is 0 Å². The maximum Gasteiger partial charge on any atom is 0.166 e. The molecule has 0 amide bonds. The van der Waals surface area contributed by atoms with Crippen molar-refractivity contribution >= 4 is 17.4 Å². The van der Waals surface area contributed by atoms with Gasteiger partial charge in [-0.25, -0.2) is 0 Å². The zero-order valence-electron chi connectivity index (χ0n) is 14.2. The minimum Gasteiger partial charge on any atom is -0.294 e. The molecular formula is C19H29ClO. The number of carbonyl (C=O) groups excluding carboxylic acids is 1. The largest absolute Gasteiger partial charge is 0.294 e. The van der Waals surface area contributed by atoms with Crippen LogP contribution in [-0.2, 0) is 4.79 Å². The Balaban J connectivity index is 3.22. The molecule has 1 saturated carbocycles. The topological polar surface area (TPSA) is 17.1 Å². The van der Waals surface area contributed by atoms with E-state index in [-0.39, 0.29) is 11.7 Å². The lowest BCUT2D eigenvalue weighted by atomic mass is 9.84. The van der Waals surface area contributed by atoms with Crippen LogP contribution < -0.4 is 0 Å². The van der Waals surface area contributed by atoms with Crippen molar-refractivity contribution in [1.29, 1.82) is 0 Å². The molecule has 1 fully saturated rings. The van der Waals surface area contributed by atoms with Gasteiger partial charge in [-0.05, 0) is 69.6 Å². The second-order valence-corrected chi connectivity index (χ2v) is 6.68. The molecule has 0 saturated heterocycles. The Morgan fingerprint density at radius 1 is 1.24 bits per heavy atom. The van der Waals surface area contributed by atoms with Gasteiger partial charge in [0, 0.05) is 16.5 Å². The monoisotopic (exact) mass is 308 g/mol. The Morgan fingerprint density at radius 3 is 2.38 bits per heavy atom.